The molecular weight excluding hydrogens is 312 g/mol. The summed E-state index contributed by atoms with van der Waals surface area (Å²) in [5, 5.41) is 7.60. The Hall–Kier alpha value is -1.91. The number of pyridine rings is 1. The number of hydrogen-bond acceptors (Lipinski definition) is 6. The van der Waals surface area contributed by atoms with Crippen LogP contribution in [0.25, 0.3) is 0 Å². The molecule has 0 amide bonds. The molecule has 0 aromatic carbocycles. The summed E-state index contributed by atoms with van der Waals surface area (Å²) in [5.74, 6) is 0.694. The summed E-state index contributed by atoms with van der Waals surface area (Å²) in [6.45, 7) is 0.214. The third-order valence-electron chi connectivity index (χ3n) is 2.74. The van der Waals surface area contributed by atoms with Gasteiger partial charge in [0.25, 0.3) is 0 Å². The van der Waals surface area contributed by atoms with Crippen LogP contribution in [0.4, 0.5) is 0 Å². The molecule has 0 radical (unpaired) electrons. The predicted molar refractivity (Wildman–Crippen MR) is 80.0 cm³/mol. The van der Waals surface area contributed by atoms with Crippen molar-refractivity contribution < 1.29 is 8.42 Å². The number of nitrogens with one attached hydrogen (secondary N) is 1. The minimum atomic E-state index is -3.62. The molecule has 0 aliphatic rings. The highest BCUT2D eigenvalue weighted by Gasteiger charge is 2.14. The van der Waals surface area contributed by atoms with E-state index in [1.807, 2.05) is 0 Å². The predicted octanol–water partition coefficient (Wildman–Crippen LogP) is -0.635. The minimum absolute atomic E-state index is 0.0560. The first-order valence-corrected chi connectivity index (χ1v) is 7.87. The van der Waals surface area contributed by atoms with Crippen LogP contribution < -0.4 is 10.5 Å². The number of aromatic nitrogens is 4. The van der Waals surface area contributed by atoms with Gasteiger partial charge in [-0.15, -0.1) is 10.2 Å². The van der Waals surface area contributed by atoms with Crippen LogP contribution in [0.5, 0.6) is 0 Å². The lowest BCUT2D eigenvalue weighted by atomic mass is 10.3. The monoisotopic (exact) mass is 326 g/mol. The summed E-state index contributed by atoms with van der Waals surface area (Å²) in [6, 6.07) is 2.88. The average Bonchev–Trinajstić information content (AvgIpc) is 2.84. The zero-order valence-electron chi connectivity index (χ0n) is 11.2. The van der Waals surface area contributed by atoms with E-state index >= 15 is 0 Å². The highest BCUT2D eigenvalue weighted by Crippen LogP contribution is 2.08. The normalized spacial score (nSPS) is 11.5. The number of sulfonamides is 1. The summed E-state index contributed by atoms with van der Waals surface area (Å²) in [6.07, 6.45) is 3.22. The topological polar surface area (TPSA) is 116 Å². The van der Waals surface area contributed by atoms with Gasteiger partial charge in [0.2, 0.25) is 10.0 Å². The van der Waals surface area contributed by atoms with Gasteiger partial charge in [-0.1, -0.05) is 12.2 Å². The van der Waals surface area contributed by atoms with Crippen LogP contribution in [-0.4, -0.2) is 39.7 Å². The van der Waals surface area contributed by atoms with Gasteiger partial charge < -0.3 is 10.3 Å². The number of hydrogen-bond donors (Lipinski definition) is 2. The van der Waals surface area contributed by atoms with Crippen LogP contribution in [0.2, 0.25) is 0 Å². The van der Waals surface area contributed by atoms with Gasteiger partial charge in [-0.2, -0.15) is 0 Å². The van der Waals surface area contributed by atoms with Crippen molar-refractivity contribution in [2.24, 2.45) is 12.8 Å². The number of aryl methyl sites for hydroxylation is 1. The molecular formula is C11H14N6O2S2. The van der Waals surface area contributed by atoms with E-state index in [1.54, 1.807) is 17.9 Å². The van der Waals surface area contributed by atoms with E-state index in [-0.39, 0.29) is 16.4 Å². The Morgan fingerprint density at radius 3 is 2.76 bits per heavy atom. The Labute approximate surface area is 127 Å². The Kier molecular flexibility index (Phi) is 4.60. The molecule has 21 heavy (non-hydrogen) atoms. The van der Waals surface area contributed by atoms with E-state index in [4.69, 9.17) is 18.0 Å². The van der Waals surface area contributed by atoms with Gasteiger partial charge in [0, 0.05) is 26.2 Å². The standard InChI is InChI=1S/C11H14N6O2S2/c1-17-7-14-16-10(17)4-5-15-21(18,19)8-2-3-9(11(12)20)13-6-8/h2-3,6-7,15H,4-5H2,1H3,(H2,12,20). The van der Waals surface area contributed by atoms with Gasteiger partial charge in [-0.3, -0.25) is 4.98 Å². The highest BCUT2D eigenvalue weighted by atomic mass is 32.2. The van der Waals surface area contributed by atoms with E-state index < -0.39 is 10.0 Å². The molecule has 0 spiro atoms. The largest absolute Gasteiger partial charge is 0.388 e. The van der Waals surface area contributed by atoms with Crippen LogP contribution in [0.15, 0.2) is 29.6 Å². The second-order valence-corrected chi connectivity index (χ2v) is 6.46. The first-order chi connectivity index (χ1) is 9.90. The fraction of sp³-hybridized carbons (Fsp3) is 0.273. The molecule has 2 rings (SSSR count). The molecule has 0 aliphatic heterocycles. The van der Waals surface area contributed by atoms with Gasteiger partial charge >= 0.3 is 0 Å². The van der Waals surface area contributed by atoms with Gasteiger partial charge in [0.05, 0.1) is 5.69 Å². The maximum Gasteiger partial charge on any atom is 0.242 e. The number of thiocarbonyl (C=S) groups is 1. The van der Waals surface area contributed by atoms with Crippen LogP contribution in [-0.2, 0) is 23.5 Å². The summed E-state index contributed by atoms with van der Waals surface area (Å²) in [4.78, 5) is 4.08. The number of nitrogens with two attached hydrogens (primary N) is 1. The highest BCUT2D eigenvalue weighted by molar-refractivity contribution is 7.89. The number of nitrogens with zero attached hydrogens (tertiary/aromatic N) is 4. The summed E-state index contributed by atoms with van der Waals surface area (Å²) in [7, 11) is -1.83. The van der Waals surface area contributed by atoms with Crippen LogP contribution in [0.3, 0.4) is 0 Å². The molecule has 0 bridgehead atoms. The Bertz CT molecular complexity index is 738. The molecule has 0 atom stereocenters. The molecule has 2 aromatic heterocycles. The van der Waals surface area contributed by atoms with Crippen LogP contribution >= 0.6 is 12.2 Å². The molecule has 0 saturated carbocycles. The van der Waals surface area contributed by atoms with E-state index in [1.165, 1.54) is 18.3 Å². The lowest BCUT2D eigenvalue weighted by Crippen LogP contribution is -2.27. The van der Waals surface area contributed by atoms with Crippen molar-refractivity contribution >= 4 is 27.2 Å². The molecule has 0 unspecified atom stereocenters. The van der Waals surface area contributed by atoms with E-state index in [0.29, 0.717) is 17.9 Å². The van der Waals surface area contributed by atoms with Gasteiger partial charge in [0.1, 0.15) is 22.0 Å². The Morgan fingerprint density at radius 1 is 1.48 bits per heavy atom. The molecule has 112 valence electrons. The second kappa shape index (κ2) is 6.24. The first kappa shape index (κ1) is 15.5. The van der Waals surface area contributed by atoms with Gasteiger partial charge in [-0.05, 0) is 12.1 Å². The van der Waals surface area contributed by atoms with E-state index in [9.17, 15) is 8.42 Å². The maximum atomic E-state index is 12.1. The molecule has 8 nitrogen and oxygen atoms in total. The fourth-order valence-electron chi connectivity index (χ4n) is 1.60. The lowest BCUT2D eigenvalue weighted by molar-refractivity contribution is 0.579. The van der Waals surface area contributed by atoms with Crippen molar-refractivity contribution in [3.05, 3.63) is 36.2 Å². The Balaban J connectivity index is 2.01. The molecule has 0 aliphatic carbocycles. The lowest BCUT2D eigenvalue weighted by Gasteiger charge is -2.06. The quantitative estimate of drug-likeness (QED) is 0.679. The third-order valence-corrected chi connectivity index (χ3v) is 4.40. The summed E-state index contributed by atoms with van der Waals surface area (Å²) in [5.41, 5.74) is 5.79. The zero-order chi connectivity index (χ0) is 15.5. The van der Waals surface area contributed by atoms with Crippen molar-refractivity contribution in [2.75, 3.05) is 6.54 Å². The summed E-state index contributed by atoms with van der Waals surface area (Å²) < 4.78 is 28.3. The maximum absolute atomic E-state index is 12.1. The smallest absolute Gasteiger partial charge is 0.242 e. The third kappa shape index (κ3) is 3.80. The molecule has 0 fully saturated rings. The van der Waals surface area contributed by atoms with Crippen molar-refractivity contribution in [1.29, 1.82) is 0 Å². The first-order valence-electron chi connectivity index (χ1n) is 5.98. The Morgan fingerprint density at radius 2 is 2.24 bits per heavy atom. The molecule has 2 heterocycles. The molecule has 3 N–H and O–H groups in total. The van der Waals surface area contributed by atoms with Crippen molar-refractivity contribution in [2.45, 2.75) is 11.3 Å². The average molecular weight is 326 g/mol. The SMILES string of the molecule is Cn1cnnc1CCNS(=O)(=O)c1ccc(C(N)=S)nc1. The molecule has 10 heteroatoms. The zero-order valence-corrected chi connectivity index (χ0v) is 12.9. The van der Waals surface area contributed by atoms with E-state index in [0.717, 1.165) is 0 Å². The molecule has 0 saturated heterocycles. The minimum Gasteiger partial charge on any atom is -0.388 e. The molecule has 2 aromatic rings. The number of rotatable bonds is 6. The summed E-state index contributed by atoms with van der Waals surface area (Å²) >= 11 is 4.76. The van der Waals surface area contributed by atoms with Crippen molar-refractivity contribution in [3.63, 3.8) is 0 Å². The van der Waals surface area contributed by atoms with Gasteiger partial charge in [0.15, 0.2) is 0 Å². The van der Waals surface area contributed by atoms with Crippen molar-refractivity contribution in [1.82, 2.24) is 24.5 Å². The second-order valence-electron chi connectivity index (χ2n) is 4.25. The van der Waals surface area contributed by atoms with E-state index in [2.05, 4.69) is 19.9 Å². The van der Waals surface area contributed by atoms with Gasteiger partial charge in [-0.25, -0.2) is 13.1 Å². The fourth-order valence-corrected chi connectivity index (χ4v) is 2.70. The van der Waals surface area contributed by atoms with Crippen molar-refractivity contribution in [3.8, 4) is 0 Å². The van der Waals surface area contributed by atoms with Crippen LogP contribution in [0, 0.1) is 0 Å². The van der Waals surface area contributed by atoms with Crippen LogP contribution in [0.1, 0.15) is 11.5 Å².